The van der Waals surface area contributed by atoms with Gasteiger partial charge in [-0.25, -0.2) is 4.90 Å². The summed E-state index contributed by atoms with van der Waals surface area (Å²) in [6, 6.07) is 5.38. The van der Waals surface area contributed by atoms with Gasteiger partial charge in [0.2, 0.25) is 0 Å². The van der Waals surface area contributed by atoms with Gasteiger partial charge in [0, 0.05) is 11.6 Å². The lowest BCUT2D eigenvalue weighted by atomic mass is 10.2. The summed E-state index contributed by atoms with van der Waals surface area (Å²) >= 11 is 0. The van der Waals surface area contributed by atoms with Crippen LogP contribution in [0.15, 0.2) is 29.8 Å². The molecule has 0 bridgehead atoms. The van der Waals surface area contributed by atoms with Crippen LogP contribution in [0.2, 0.25) is 0 Å². The monoisotopic (exact) mass is 231 g/mol. The van der Waals surface area contributed by atoms with Crippen molar-refractivity contribution < 1.29 is 14.3 Å². The number of benzene rings is 1. The number of hydrogen-bond donors (Lipinski definition) is 0. The molecule has 0 spiro atoms. The Labute approximate surface area is 99.5 Å². The number of ether oxygens (including phenoxy) is 1. The third kappa shape index (κ3) is 1.82. The van der Waals surface area contributed by atoms with Gasteiger partial charge < -0.3 is 4.74 Å². The SMILES string of the molecule is COc1ccc(C)cc1N1C(=O)C=C(C)C1=O. The van der Waals surface area contributed by atoms with E-state index in [0.29, 0.717) is 17.0 Å². The fourth-order valence-electron chi connectivity index (χ4n) is 1.79. The van der Waals surface area contributed by atoms with E-state index in [1.54, 1.807) is 19.1 Å². The number of amides is 2. The van der Waals surface area contributed by atoms with Crippen molar-refractivity contribution in [3.05, 3.63) is 35.4 Å². The molecule has 0 saturated heterocycles. The van der Waals surface area contributed by atoms with Crippen LogP contribution in [-0.4, -0.2) is 18.9 Å². The first-order valence-electron chi connectivity index (χ1n) is 5.26. The van der Waals surface area contributed by atoms with Crippen molar-refractivity contribution in [1.82, 2.24) is 0 Å². The van der Waals surface area contributed by atoms with Crippen LogP contribution in [0.25, 0.3) is 0 Å². The summed E-state index contributed by atoms with van der Waals surface area (Å²) in [5.41, 5.74) is 1.90. The second-order valence-electron chi connectivity index (χ2n) is 3.98. The third-order valence-electron chi connectivity index (χ3n) is 2.68. The van der Waals surface area contributed by atoms with E-state index >= 15 is 0 Å². The van der Waals surface area contributed by atoms with Crippen LogP contribution in [0, 0.1) is 6.92 Å². The smallest absolute Gasteiger partial charge is 0.261 e. The Bertz CT molecular complexity index is 531. The van der Waals surface area contributed by atoms with E-state index in [-0.39, 0.29) is 11.8 Å². The molecule has 0 aromatic heterocycles. The van der Waals surface area contributed by atoms with E-state index in [9.17, 15) is 9.59 Å². The molecule has 2 rings (SSSR count). The zero-order valence-corrected chi connectivity index (χ0v) is 9.98. The highest BCUT2D eigenvalue weighted by Crippen LogP contribution is 2.32. The molecule has 0 saturated carbocycles. The summed E-state index contributed by atoms with van der Waals surface area (Å²) in [7, 11) is 1.51. The molecule has 1 aromatic carbocycles. The molecule has 1 aliphatic heterocycles. The van der Waals surface area contributed by atoms with E-state index in [1.807, 2.05) is 13.0 Å². The Morgan fingerprint density at radius 2 is 1.88 bits per heavy atom. The van der Waals surface area contributed by atoms with Crippen molar-refractivity contribution in [3.63, 3.8) is 0 Å². The van der Waals surface area contributed by atoms with Crippen LogP contribution in [0.3, 0.4) is 0 Å². The number of anilines is 1. The summed E-state index contributed by atoms with van der Waals surface area (Å²) in [6.45, 7) is 3.52. The van der Waals surface area contributed by atoms with Crippen LogP contribution in [0.4, 0.5) is 5.69 Å². The van der Waals surface area contributed by atoms with E-state index in [4.69, 9.17) is 4.74 Å². The Morgan fingerprint density at radius 3 is 2.41 bits per heavy atom. The minimum absolute atomic E-state index is 0.293. The fourth-order valence-corrected chi connectivity index (χ4v) is 1.79. The standard InChI is InChI=1S/C13H13NO3/c1-8-4-5-11(17-3)10(6-8)14-12(15)7-9(2)13(14)16/h4-7H,1-3H3. The van der Waals surface area contributed by atoms with E-state index in [0.717, 1.165) is 10.5 Å². The molecule has 4 nitrogen and oxygen atoms in total. The minimum atomic E-state index is -0.323. The second-order valence-corrected chi connectivity index (χ2v) is 3.98. The van der Waals surface area contributed by atoms with Gasteiger partial charge in [0.15, 0.2) is 0 Å². The largest absolute Gasteiger partial charge is 0.495 e. The van der Waals surface area contributed by atoms with Crippen LogP contribution >= 0.6 is 0 Å². The molecule has 1 heterocycles. The summed E-state index contributed by atoms with van der Waals surface area (Å²) < 4.78 is 5.18. The molecule has 0 atom stereocenters. The molecule has 0 N–H and O–H groups in total. The molecular weight excluding hydrogens is 218 g/mol. The molecule has 0 unspecified atom stereocenters. The summed E-state index contributed by atoms with van der Waals surface area (Å²) in [5, 5.41) is 0. The Hall–Kier alpha value is -2.10. The first kappa shape index (κ1) is 11.4. The van der Waals surface area contributed by atoms with E-state index in [2.05, 4.69) is 0 Å². The molecule has 1 aromatic rings. The normalized spacial score (nSPS) is 15.2. The van der Waals surface area contributed by atoms with Crippen LogP contribution in [-0.2, 0) is 9.59 Å². The molecule has 0 aliphatic carbocycles. The fraction of sp³-hybridized carbons (Fsp3) is 0.231. The maximum atomic E-state index is 11.9. The quantitative estimate of drug-likeness (QED) is 0.729. The number of aryl methyl sites for hydroxylation is 1. The number of carbonyl (C=O) groups is 2. The highest BCUT2D eigenvalue weighted by atomic mass is 16.5. The lowest BCUT2D eigenvalue weighted by Gasteiger charge is -2.18. The number of imide groups is 1. The minimum Gasteiger partial charge on any atom is -0.495 e. The molecule has 0 fully saturated rings. The van der Waals surface area contributed by atoms with Gasteiger partial charge in [0.25, 0.3) is 11.8 Å². The summed E-state index contributed by atoms with van der Waals surface area (Å²) in [4.78, 5) is 24.8. The van der Waals surface area contributed by atoms with Crippen molar-refractivity contribution in [2.75, 3.05) is 12.0 Å². The van der Waals surface area contributed by atoms with Gasteiger partial charge in [-0.2, -0.15) is 0 Å². The third-order valence-corrected chi connectivity index (χ3v) is 2.68. The number of methoxy groups -OCH3 is 1. The van der Waals surface area contributed by atoms with Gasteiger partial charge >= 0.3 is 0 Å². The van der Waals surface area contributed by atoms with Gasteiger partial charge in [0.1, 0.15) is 5.75 Å². The van der Waals surface area contributed by atoms with Crippen LogP contribution in [0.5, 0.6) is 5.75 Å². The molecule has 0 radical (unpaired) electrons. The van der Waals surface area contributed by atoms with Crippen LogP contribution in [0.1, 0.15) is 12.5 Å². The second kappa shape index (κ2) is 4.05. The predicted molar refractivity (Wildman–Crippen MR) is 64.0 cm³/mol. The van der Waals surface area contributed by atoms with Crippen molar-refractivity contribution >= 4 is 17.5 Å². The maximum Gasteiger partial charge on any atom is 0.261 e. The van der Waals surface area contributed by atoms with Gasteiger partial charge in [-0.3, -0.25) is 9.59 Å². The van der Waals surface area contributed by atoms with Gasteiger partial charge in [0.05, 0.1) is 12.8 Å². The van der Waals surface area contributed by atoms with E-state index < -0.39 is 0 Å². The lowest BCUT2D eigenvalue weighted by molar-refractivity contribution is -0.120. The zero-order chi connectivity index (χ0) is 12.6. The Balaban J connectivity index is 2.51. The lowest BCUT2D eigenvalue weighted by Crippen LogP contribution is -2.30. The number of hydrogen-bond acceptors (Lipinski definition) is 3. The molecule has 2 amide bonds. The molecule has 1 aliphatic rings. The Morgan fingerprint density at radius 1 is 1.18 bits per heavy atom. The van der Waals surface area contributed by atoms with Gasteiger partial charge in [-0.05, 0) is 31.5 Å². The highest BCUT2D eigenvalue weighted by Gasteiger charge is 2.31. The number of rotatable bonds is 2. The first-order valence-corrected chi connectivity index (χ1v) is 5.26. The van der Waals surface area contributed by atoms with Gasteiger partial charge in [-0.15, -0.1) is 0 Å². The number of nitrogens with zero attached hydrogens (tertiary/aromatic N) is 1. The van der Waals surface area contributed by atoms with Crippen molar-refractivity contribution in [3.8, 4) is 5.75 Å². The van der Waals surface area contributed by atoms with E-state index in [1.165, 1.54) is 13.2 Å². The topological polar surface area (TPSA) is 46.6 Å². The van der Waals surface area contributed by atoms with Crippen molar-refractivity contribution in [2.45, 2.75) is 13.8 Å². The molecule has 4 heteroatoms. The maximum absolute atomic E-state index is 11.9. The molecule has 17 heavy (non-hydrogen) atoms. The first-order chi connectivity index (χ1) is 8.04. The van der Waals surface area contributed by atoms with Crippen molar-refractivity contribution in [1.29, 1.82) is 0 Å². The van der Waals surface area contributed by atoms with Crippen LogP contribution < -0.4 is 9.64 Å². The predicted octanol–water partition coefficient (Wildman–Crippen LogP) is 1.82. The Kier molecular flexibility index (Phi) is 2.71. The summed E-state index contributed by atoms with van der Waals surface area (Å²) in [5.74, 6) is -0.101. The number of carbonyl (C=O) groups excluding carboxylic acids is 2. The summed E-state index contributed by atoms with van der Waals surface area (Å²) in [6.07, 6.45) is 1.34. The van der Waals surface area contributed by atoms with Gasteiger partial charge in [-0.1, -0.05) is 6.07 Å². The average Bonchev–Trinajstić information content (AvgIpc) is 2.53. The highest BCUT2D eigenvalue weighted by molar-refractivity contribution is 6.30. The zero-order valence-electron chi connectivity index (χ0n) is 9.98. The average molecular weight is 231 g/mol. The molecule has 88 valence electrons. The molecular formula is C13H13NO3. The van der Waals surface area contributed by atoms with Crippen molar-refractivity contribution in [2.24, 2.45) is 0 Å².